The second-order valence-corrected chi connectivity index (χ2v) is 6.33. The van der Waals surface area contributed by atoms with Crippen LogP contribution in [0.1, 0.15) is 49.1 Å². The summed E-state index contributed by atoms with van der Waals surface area (Å²) in [5.74, 6) is 0.151. The summed E-state index contributed by atoms with van der Waals surface area (Å²) < 4.78 is 0. The third-order valence-corrected chi connectivity index (χ3v) is 4.95. The summed E-state index contributed by atoms with van der Waals surface area (Å²) in [6, 6.07) is 14.3. The Hall–Kier alpha value is -1.80. The number of fused-ring (bicyclic) bond motifs is 1. The van der Waals surface area contributed by atoms with Gasteiger partial charge in [-0.25, -0.2) is 0 Å². The molecule has 0 saturated heterocycles. The van der Waals surface area contributed by atoms with E-state index in [1.807, 2.05) is 49.9 Å². The van der Waals surface area contributed by atoms with Crippen molar-refractivity contribution < 1.29 is 4.79 Å². The van der Waals surface area contributed by atoms with Crippen LogP contribution >= 0.6 is 11.6 Å². The van der Waals surface area contributed by atoms with E-state index >= 15 is 0 Å². The average molecular weight is 344 g/mol. The lowest BCUT2D eigenvalue weighted by Gasteiger charge is -2.35. The van der Waals surface area contributed by atoms with Gasteiger partial charge in [-0.15, -0.1) is 0 Å². The first-order chi connectivity index (χ1) is 11.6. The van der Waals surface area contributed by atoms with Crippen LogP contribution in [0, 0.1) is 6.92 Å². The Kier molecular flexibility index (Phi) is 6.44. The van der Waals surface area contributed by atoms with Crippen molar-refractivity contribution in [2.45, 2.75) is 46.6 Å². The quantitative estimate of drug-likeness (QED) is 0.718. The summed E-state index contributed by atoms with van der Waals surface area (Å²) in [6.07, 6.45) is 1.30. The van der Waals surface area contributed by atoms with Gasteiger partial charge < -0.3 is 4.90 Å². The Morgan fingerprint density at radius 1 is 1.17 bits per heavy atom. The molecular formula is C21H26ClNO. The van der Waals surface area contributed by atoms with E-state index in [9.17, 15) is 4.79 Å². The minimum atomic E-state index is 0.125. The SMILES string of the molecule is CC.Cc1cccc(Cl)c1CC(=O)N1CCc2ccccc2C1C. The molecule has 1 atom stereocenters. The number of amides is 1. The molecule has 1 unspecified atom stereocenters. The lowest BCUT2D eigenvalue weighted by atomic mass is 9.93. The van der Waals surface area contributed by atoms with Crippen molar-refractivity contribution in [1.82, 2.24) is 4.90 Å². The van der Waals surface area contributed by atoms with Gasteiger partial charge in [-0.2, -0.15) is 0 Å². The van der Waals surface area contributed by atoms with Gasteiger partial charge in [0.1, 0.15) is 0 Å². The average Bonchev–Trinajstić information content (AvgIpc) is 2.60. The predicted molar refractivity (Wildman–Crippen MR) is 102 cm³/mol. The Morgan fingerprint density at radius 3 is 2.58 bits per heavy atom. The van der Waals surface area contributed by atoms with E-state index in [1.165, 1.54) is 11.1 Å². The van der Waals surface area contributed by atoms with Crippen molar-refractivity contribution in [2.24, 2.45) is 0 Å². The summed E-state index contributed by atoms with van der Waals surface area (Å²) in [5, 5.41) is 0.679. The first-order valence-electron chi connectivity index (χ1n) is 8.69. The van der Waals surface area contributed by atoms with Crippen LogP contribution in [-0.2, 0) is 17.6 Å². The van der Waals surface area contributed by atoms with Gasteiger partial charge in [0.15, 0.2) is 0 Å². The third-order valence-electron chi connectivity index (χ3n) is 4.60. The van der Waals surface area contributed by atoms with Gasteiger partial charge in [0, 0.05) is 11.6 Å². The van der Waals surface area contributed by atoms with Crippen LogP contribution in [0.2, 0.25) is 5.02 Å². The van der Waals surface area contributed by atoms with E-state index < -0.39 is 0 Å². The Balaban J connectivity index is 0.00000100. The maximum atomic E-state index is 12.8. The van der Waals surface area contributed by atoms with E-state index in [1.54, 1.807) is 0 Å². The van der Waals surface area contributed by atoms with Crippen LogP contribution in [0.4, 0.5) is 0 Å². The highest BCUT2D eigenvalue weighted by Gasteiger charge is 2.27. The Labute approximate surface area is 150 Å². The number of benzene rings is 2. The van der Waals surface area contributed by atoms with Gasteiger partial charge in [-0.05, 0) is 48.6 Å². The molecule has 3 heteroatoms. The Bertz CT molecular complexity index is 690. The second kappa shape index (κ2) is 8.34. The fourth-order valence-electron chi connectivity index (χ4n) is 3.26. The molecule has 2 aromatic rings. The molecule has 0 bridgehead atoms. The third kappa shape index (κ3) is 3.81. The second-order valence-electron chi connectivity index (χ2n) is 5.92. The summed E-state index contributed by atoms with van der Waals surface area (Å²) >= 11 is 6.26. The molecule has 0 aliphatic carbocycles. The Morgan fingerprint density at radius 2 is 1.88 bits per heavy atom. The van der Waals surface area contributed by atoms with Crippen LogP contribution in [0.25, 0.3) is 0 Å². The minimum Gasteiger partial charge on any atom is -0.335 e. The van der Waals surface area contributed by atoms with E-state index in [4.69, 9.17) is 11.6 Å². The van der Waals surface area contributed by atoms with Crippen LogP contribution in [0.3, 0.4) is 0 Å². The van der Waals surface area contributed by atoms with Crippen LogP contribution < -0.4 is 0 Å². The van der Waals surface area contributed by atoms with E-state index in [-0.39, 0.29) is 11.9 Å². The minimum absolute atomic E-state index is 0.125. The zero-order chi connectivity index (χ0) is 17.7. The number of nitrogens with zero attached hydrogens (tertiary/aromatic N) is 1. The highest BCUT2D eigenvalue weighted by molar-refractivity contribution is 6.31. The molecule has 0 N–H and O–H groups in total. The standard InChI is InChI=1S/C19H20ClNO.C2H6/c1-13-6-5-9-18(20)17(13)12-19(22)21-11-10-15-7-3-4-8-16(15)14(21)2;1-2/h3-9,14H,10-12H2,1-2H3;1-2H3. The zero-order valence-corrected chi connectivity index (χ0v) is 15.7. The fraction of sp³-hybridized carbons (Fsp3) is 0.381. The molecule has 128 valence electrons. The first-order valence-corrected chi connectivity index (χ1v) is 9.07. The molecule has 1 amide bonds. The maximum absolute atomic E-state index is 12.8. The van der Waals surface area contributed by atoms with Gasteiger partial charge in [-0.3, -0.25) is 4.79 Å². The number of halogens is 1. The monoisotopic (exact) mass is 343 g/mol. The topological polar surface area (TPSA) is 20.3 Å². The van der Waals surface area contributed by atoms with E-state index in [0.717, 1.165) is 24.1 Å². The number of hydrogen-bond donors (Lipinski definition) is 0. The van der Waals surface area contributed by atoms with Crippen LogP contribution in [0.5, 0.6) is 0 Å². The van der Waals surface area contributed by atoms with Gasteiger partial charge in [-0.1, -0.05) is 61.8 Å². The summed E-state index contributed by atoms with van der Waals surface area (Å²) in [4.78, 5) is 14.7. The smallest absolute Gasteiger partial charge is 0.227 e. The lowest BCUT2D eigenvalue weighted by molar-refractivity contribution is -0.133. The van der Waals surface area contributed by atoms with Crippen molar-refractivity contribution in [2.75, 3.05) is 6.54 Å². The van der Waals surface area contributed by atoms with Crippen molar-refractivity contribution >= 4 is 17.5 Å². The maximum Gasteiger partial charge on any atom is 0.227 e. The van der Waals surface area contributed by atoms with Gasteiger partial charge in [0.25, 0.3) is 0 Å². The normalized spacial score (nSPS) is 16.0. The molecule has 0 spiro atoms. The van der Waals surface area contributed by atoms with E-state index in [0.29, 0.717) is 11.4 Å². The first kappa shape index (κ1) is 18.5. The molecule has 0 saturated carbocycles. The predicted octanol–water partition coefficient (Wildman–Crippen LogP) is 5.36. The molecule has 0 fully saturated rings. The molecule has 2 nitrogen and oxygen atoms in total. The van der Waals surface area contributed by atoms with Gasteiger partial charge in [0.05, 0.1) is 12.5 Å². The number of rotatable bonds is 2. The molecule has 0 aromatic heterocycles. The molecule has 1 heterocycles. The zero-order valence-electron chi connectivity index (χ0n) is 15.0. The number of carbonyl (C=O) groups excluding carboxylic acids is 1. The highest BCUT2D eigenvalue weighted by atomic mass is 35.5. The van der Waals surface area contributed by atoms with E-state index in [2.05, 4.69) is 25.1 Å². The molecule has 24 heavy (non-hydrogen) atoms. The molecule has 0 radical (unpaired) electrons. The van der Waals surface area contributed by atoms with Crippen molar-refractivity contribution in [1.29, 1.82) is 0 Å². The lowest BCUT2D eigenvalue weighted by Crippen LogP contribution is -2.39. The number of hydrogen-bond acceptors (Lipinski definition) is 1. The van der Waals surface area contributed by atoms with Crippen molar-refractivity contribution in [3.63, 3.8) is 0 Å². The molecular weight excluding hydrogens is 318 g/mol. The van der Waals surface area contributed by atoms with Crippen LogP contribution in [0.15, 0.2) is 42.5 Å². The number of aryl methyl sites for hydroxylation is 1. The van der Waals surface area contributed by atoms with Crippen molar-refractivity contribution in [3.8, 4) is 0 Å². The highest BCUT2D eigenvalue weighted by Crippen LogP contribution is 2.30. The summed E-state index contributed by atoms with van der Waals surface area (Å²) in [7, 11) is 0. The fourth-order valence-corrected chi connectivity index (χ4v) is 3.54. The number of carbonyl (C=O) groups is 1. The molecule has 1 aliphatic heterocycles. The summed E-state index contributed by atoms with van der Waals surface area (Å²) in [5.41, 5.74) is 4.64. The van der Waals surface area contributed by atoms with Crippen LogP contribution in [-0.4, -0.2) is 17.4 Å². The largest absolute Gasteiger partial charge is 0.335 e. The molecule has 1 aliphatic rings. The van der Waals surface area contributed by atoms with Gasteiger partial charge in [0.2, 0.25) is 5.91 Å². The van der Waals surface area contributed by atoms with Gasteiger partial charge >= 0.3 is 0 Å². The van der Waals surface area contributed by atoms with Crippen molar-refractivity contribution in [3.05, 3.63) is 69.7 Å². The summed E-state index contributed by atoms with van der Waals surface area (Å²) in [6.45, 7) is 8.89. The molecule has 3 rings (SSSR count). The molecule has 2 aromatic carbocycles.